The maximum absolute atomic E-state index is 6.02. The van der Waals surface area contributed by atoms with Crippen molar-refractivity contribution in [2.24, 2.45) is 10.7 Å². The highest BCUT2D eigenvalue weighted by Crippen LogP contribution is 2.11. The van der Waals surface area contributed by atoms with E-state index < -0.39 is 0 Å². The number of hydrogen-bond donors (Lipinski definition) is 1. The number of likely N-dealkylation sites (tertiary alicyclic amines) is 2. The molecule has 2 saturated heterocycles. The summed E-state index contributed by atoms with van der Waals surface area (Å²) < 4.78 is 0. The predicted octanol–water partition coefficient (Wildman–Crippen LogP) is 1.56. The highest BCUT2D eigenvalue weighted by molar-refractivity contribution is 7.80. The van der Waals surface area contributed by atoms with E-state index >= 15 is 0 Å². The molecule has 0 aromatic rings. The van der Waals surface area contributed by atoms with Gasteiger partial charge in [0, 0.05) is 26.2 Å². The molecule has 2 heterocycles. The standard InChI is InChI=1S/C12H22N4S/c13-11(15-7-3-1-4-8-15)14-12(17)16-9-5-2-6-10-16/h1-10H2,(H2,13,14,17). The van der Waals surface area contributed by atoms with Gasteiger partial charge in [0.05, 0.1) is 0 Å². The molecular formula is C12H22N4S. The fourth-order valence-electron chi connectivity index (χ4n) is 2.45. The maximum Gasteiger partial charge on any atom is 0.198 e. The van der Waals surface area contributed by atoms with Crippen molar-refractivity contribution in [3.8, 4) is 0 Å². The summed E-state index contributed by atoms with van der Waals surface area (Å²) in [4.78, 5) is 8.73. The molecule has 0 radical (unpaired) electrons. The van der Waals surface area contributed by atoms with Crippen LogP contribution in [0.15, 0.2) is 4.99 Å². The highest BCUT2D eigenvalue weighted by atomic mass is 32.1. The zero-order valence-corrected chi connectivity index (χ0v) is 11.2. The van der Waals surface area contributed by atoms with Gasteiger partial charge in [-0.15, -0.1) is 0 Å². The van der Waals surface area contributed by atoms with E-state index in [1.165, 1.54) is 38.5 Å². The number of hydrogen-bond acceptors (Lipinski definition) is 1. The molecule has 0 saturated carbocycles. The Labute approximate surface area is 109 Å². The third-order valence-corrected chi connectivity index (χ3v) is 3.87. The van der Waals surface area contributed by atoms with Crippen LogP contribution in [0, 0.1) is 0 Å². The summed E-state index contributed by atoms with van der Waals surface area (Å²) in [5.41, 5.74) is 6.02. The van der Waals surface area contributed by atoms with Crippen LogP contribution in [0.4, 0.5) is 0 Å². The van der Waals surface area contributed by atoms with Gasteiger partial charge in [-0.2, -0.15) is 4.99 Å². The van der Waals surface area contributed by atoms with Crippen LogP contribution in [0.1, 0.15) is 38.5 Å². The summed E-state index contributed by atoms with van der Waals surface area (Å²) in [5.74, 6) is 0.611. The second-order valence-electron chi connectivity index (χ2n) is 4.85. The molecule has 2 aliphatic heterocycles. The average molecular weight is 254 g/mol. The normalized spacial score (nSPS) is 22.7. The van der Waals surface area contributed by atoms with Gasteiger partial charge in [0.1, 0.15) is 0 Å². The molecule has 0 aliphatic carbocycles. The third-order valence-electron chi connectivity index (χ3n) is 3.52. The van der Waals surface area contributed by atoms with Gasteiger partial charge in [-0.1, -0.05) is 0 Å². The van der Waals surface area contributed by atoms with Gasteiger partial charge < -0.3 is 15.5 Å². The Morgan fingerprint density at radius 1 is 0.824 bits per heavy atom. The number of guanidine groups is 1. The lowest BCUT2D eigenvalue weighted by Gasteiger charge is -2.30. The van der Waals surface area contributed by atoms with Gasteiger partial charge >= 0.3 is 0 Å². The van der Waals surface area contributed by atoms with E-state index in [1.807, 2.05) is 0 Å². The first-order valence-corrected chi connectivity index (χ1v) is 7.06. The summed E-state index contributed by atoms with van der Waals surface area (Å²) in [6.45, 7) is 4.13. The largest absolute Gasteiger partial charge is 0.369 e. The minimum absolute atomic E-state index is 0.611. The van der Waals surface area contributed by atoms with Gasteiger partial charge in [0.2, 0.25) is 0 Å². The first kappa shape index (κ1) is 12.6. The number of nitrogens with zero attached hydrogens (tertiary/aromatic N) is 3. The molecule has 0 bridgehead atoms. The average Bonchev–Trinajstić information content (AvgIpc) is 2.40. The summed E-state index contributed by atoms with van der Waals surface area (Å²) in [6, 6.07) is 0. The van der Waals surface area contributed by atoms with Crippen molar-refractivity contribution in [1.29, 1.82) is 0 Å². The van der Waals surface area contributed by atoms with E-state index in [0.29, 0.717) is 11.1 Å². The molecular weight excluding hydrogens is 232 g/mol. The van der Waals surface area contributed by atoms with E-state index in [-0.39, 0.29) is 0 Å². The monoisotopic (exact) mass is 254 g/mol. The van der Waals surface area contributed by atoms with Gasteiger partial charge in [-0.05, 0) is 50.7 Å². The fraction of sp³-hybridized carbons (Fsp3) is 0.833. The van der Waals surface area contributed by atoms with Gasteiger partial charge in [0.25, 0.3) is 0 Å². The molecule has 0 unspecified atom stereocenters. The first-order chi connectivity index (χ1) is 8.27. The topological polar surface area (TPSA) is 44.9 Å². The van der Waals surface area contributed by atoms with Crippen LogP contribution in [0.3, 0.4) is 0 Å². The second-order valence-corrected chi connectivity index (χ2v) is 5.21. The summed E-state index contributed by atoms with van der Waals surface area (Å²) >= 11 is 5.35. The quantitative estimate of drug-likeness (QED) is 0.405. The van der Waals surface area contributed by atoms with Gasteiger partial charge in [-0.25, -0.2) is 0 Å². The van der Waals surface area contributed by atoms with Crippen LogP contribution in [0.25, 0.3) is 0 Å². The molecule has 0 spiro atoms. The van der Waals surface area contributed by atoms with Crippen LogP contribution < -0.4 is 5.73 Å². The molecule has 2 aliphatic rings. The Balaban J connectivity index is 1.89. The second kappa shape index (κ2) is 6.19. The van der Waals surface area contributed by atoms with E-state index in [0.717, 1.165) is 26.2 Å². The lowest BCUT2D eigenvalue weighted by molar-refractivity contribution is 0.333. The molecule has 0 amide bonds. The summed E-state index contributed by atoms with van der Waals surface area (Å²) in [7, 11) is 0. The highest BCUT2D eigenvalue weighted by Gasteiger charge is 2.16. The molecule has 17 heavy (non-hydrogen) atoms. The van der Waals surface area contributed by atoms with Crippen LogP contribution >= 0.6 is 12.2 Å². The Hall–Kier alpha value is -0.840. The van der Waals surface area contributed by atoms with Gasteiger partial charge in [0.15, 0.2) is 11.1 Å². The number of nitrogens with two attached hydrogens (primary N) is 1. The molecule has 5 heteroatoms. The summed E-state index contributed by atoms with van der Waals surface area (Å²) in [6.07, 6.45) is 7.49. The minimum Gasteiger partial charge on any atom is -0.369 e. The van der Waals surface area contributed by atoms with Crippen LogP contribution in [0.5, 0.6) is 0 Å². The van der Waals surface area contributed by atoms with Crippen molar-refractivity contribution < 1.29 is 0 Å². The molecule has 2 fully saturated rings. The van der Waals surface area contributed by atoms with E-state index in [9.17, 15) is 0 Å². The minimum atomic E-state index is 0.611. The zero-order valence-electron chi connectivity index (χ0n) is 10.4. The van der Waals surface area contributed by atoms with E-state index in [2.05, 4.69) is 14.8 Å². The molecule has 0 aromatic carbocycles. The van der Waals surface area contributed by atoms with Crippen LogP contribution in [-0.2, 0) is 0 Å². The zero-order chi connectivity index (χ0) is 12.1. The van der Waals surface area contributed by atoms with Crippen molar-refractivity contribution >= 4 is 23.3 Å². The summed E-state index contributed by atoms with van der Waals surface area (Å²) in [5, 5.41) is 0.674. The molecule has 2 N–H and O–H groups in total. The van der Waals surface area contributed by atoms with Crippen LogP contribution in [0.2, 0.25) is 0 Å². The number of rotatable bonds is 0. The Kier molecular flexibility index (Phi) is 4.59. The predicted molar refractivity (Wildman–Crippen MR) is 75.1 cm³/mol. The lowest BCUT2D eigenvalue weighted by atomic mass is 10.1. The number of thiocarbonyl (C=S) groups is 1. The van der Waals surface area contributed by atoms with Crippen molar-refractivity contribution in [2.45, 2.75) is 38.5 Å². The smallest absolute Gasteiger partial charge is 0.198 e. The van der Waals surface area contributed by atoms with Crippen molar-refractivity contribution in [3.63, 3.8) is 0 Å². The maximum atomic E-state index is 6.02. The van der Waals surface area contributed by atoms with E-state index in [1.54, 1.807) is 0 Å². The number of piperidine rings is 2. The van der Waals surface area contributed by atoms with Crippen molar-refractivity contribution in [3.05, 3.63) is 0 Å². The lowest BCUT2D eigenvalue weighted by Crippen LogP contribution is -2.43. The molecule has 4 nitrogen and oxygen atoms in total. The van der Waals surface area contributed by atoms with E-state index in [4.69, 9.17) is 18.0 Å². The Morgan fingerprint density at radius 3 is 1.82 bits per heavy atom. The molecule has 2 rings (SSSR count). The number of aliphatic imine (C=N–C) groups is 1. The Morgan fingerprint density at radius 2 is 1.29 bits per heavy atom. The van der Waals surface area contributed by atoms with Crippen LogP contribution in [-0.4, -0.2) is 47.1 Å². The fourth-order valence-corrected chi connectivity index (χ4v) is 2.72. The first-order valence-electron chi connectivity index (χ1n) is 6.65. The van der Waals surface area contributed by atoms with Crippen molar-refractivity contribution in [2.75, 3.05) is 26.2 Å². The molecule has 0 atom stereocenters. The molecule has 96 valence electrons. The third kappa shape index (κ3) is 3.56. The molecule has 0 aromatic heterocycles. The SMILES string of the molecule is NC(=NC(=S)N1CCCCC1)N1CCCCC1. The van der Waals surface area contributed by atoms with Crippen molar-refractivity contribution in [1.82, 2.24) is 9.80 Å². The van der Waals surface area contributed by atoms with Gasteiger partial charge in [-0.3, -0.25) is 0 Å². The Bertz CT molecular complexity index is 291.